The maximum absolute atomic E-state index is 14.5. The van der Waals surface area contributed by atoms with Crippen LogP contribution in [-0.4, -0.2) is 87.1 Å². The van der Waals surface area contributed by atoms with Crippen molar-refractivity contribution < 1.29 is 41.2 Å². The number of halogens is 1. The molecule has 0 radical (unpaired) electrons. The fourth-order valence-electron chi connectivity index (χ4n) is 7.02. The molecule has 1 aromatic carbocycles. The monoisotopic (exact) mass is 751 g/mol. The lowest BCUT2D eigenvalue weighted by Gasteiger charge is -2.29. The predicted molar refractivity (Wildman–Crippen MR) is 187 cm³/mol. The van der Waals surface area contributed by atoms with Crippen molar-refractivity contribution in [3.8, 4) is 5.88 Å². The Hall–Kier alpha value is -4.93. The molecule has 7 rings (SSSR count). The van der Waals surface area contributed by atoms with Crippen LogP contribution in [0.4, 0.5) is 4.39 Å². The van der Waals surface area contributed by atoms with E-state index in [1.54, 1.807) is 20.8 Å². The number of carbonyl (C=O) groups is 4. The van der Waals surface area contributed by atoms with Crippen LogP contribution in [0.5, 0.6) is 5.88 Å². The molecule has 2 aliphatic carbocycles. The van der Waals surface area contributed by atoms with E-state index in [2.05, 4.69) is 30.5 Å². The Morgan fingerprint density at radius 3 is 2.62 bits per heavy atom. The highest BCUT2D eigenvalue weighted by atomic mass is 32.2. The summed E-state index contributed by atoms with van der Waals surface area (Å²) < 4.78 is 52.8. The topological polar surface area (TPSA) is 203 Å². The SMILES string of the molecule is Cc1cc(C(=O)N[C@H]2CCCCCC=C[C@@H]3C[C@@]3(C(=O)NS(=O)(=O)C3(C)CC3)NC(=O)[C@@H]3C[C@@H](Oc4nc5cc(F)ccc5nc4C)CN3C2=O)on1. The summed E-state index contributed by atoms with van der Waals surface area (Å²) in [6.07, 6.45) is 6.94. The van der Waals surface area contributed by atoms with E-state index in [1.807, 2.05) is 12.2 Å². The molecule has 15 nitrogen and oxygen atoms in total. The van der Waals surface area contributed by atoms with E-state index in [0.29, 0.717) is 42.6 Å². The van der Waals surface area contributed by atoms with Crippen molar-refractivity contribution in [2.45, 2.75) is 107 Å². The van der Waals surface area contributed by atoms with Gasteiger partial charge in [0.15, 0.2) is 0 Å². The standard InChI is InChI=1S/C36H42FN7O8S/c1-20-15-29(52-42-20)31(46)39-26-10-8-6-4-5-7-9-22-18-36(22,34(48)43-53(49,50)35(3)13-14-35)41-30(45)28-17-24(19-44(28)33(26)47)51-32-21(2)38-25-12-11-23(37)16-27(25)40-32/h7,9,11-12,15-16,22,24,26,28H,4-6,8,10,13-14,17-19H2,1-3H3,(H,39,46)(H,41,45)(H,43,48)/t22-,24-,26+,28+,36-/m1/s1. The first-order valence-corrected chi connectivity index (χ1v) is 19.4. The molecule has 3 fully saturated rings. The second-order valence-corrected chi connectivity index (χ2v) is 17.0. The van der Waals surface area contributed by atoms with Crippen LogP contribution >= 0.6 is 0 Å². The Labute approximate surface area is 305 Å². The molecule has 2 aliphatic heterocycles. The van der Waals surface area contributed by atoms with Crippen LogP contribution in [0.3, 0.4) is 0 Å². The number of hydrogen-bond acceptors (Lipinski definition) is 11. The molecule has 17 heteroatoms. The summed E-state index contributed by atoms with van der Waals surface area (Å²) >= 11 is 0. The number of benzene rings is 1. The lowest BCUT2D eigenvalue weighted by molar-refractivity contribution is -0.141. The minimum atomic E-state index is -4.01. The van der Waals surface area contributed by atoms with Crippen LogP contribution in [0.25, 0.3) is 11.0 Å². The second-order valence-electron chi connectivity index (χ2n) is 14.8. The molecule has 2 aromatic heterocycles. The van der Waals surface area contributed by atoms with Crippen molar-refractivity contribution in [1.82, 2.24) is 35.4 Å². The average molecular weight is 752 g/mol. The summed E-state index contributed by atoms with van der Waals surface area (Å²) in [6, 6.07) is 3.22. The Morgan fingerprint density at radius 1 is 1.09 bits per heavy atom. The quantitative estimate of drug-likeness (QED) is 0.300. The molecule has 0 unspecified atom stereocenters. The van der Waals surface area contributed by atoms with E-state index in [0.717, 1.165) is 12.8 Å². The average Bonchev–Trinajstić information content (AvgIpc) is 3.91. The maximum Gasteiger partial charge on any atom is 0.290 e. The van der Waals surface area contributed by atoms with Crippen LogP contribution in [0.2, 0.25) is 0 Å². The molecular weight excluding hydrogens is 710 g/mol. The minimum absolute atomic E-state index is 0.0313. The van der Waals surface area contributed by atoms with Crippen LogP contribution in [0.15, 0.2) is 40.9 Å². The summed E-state index contributed by atoms with van der Waals surface area (Å²) in [6.45, 7) is 4.81. The van der Waals surface area contributed by atoms with Crippen LogP contribution in [0.1, 0.15) is 86.7 Å². The minimum Gasteiger partial charge on any atom is -0.471 e. The first kappa shape index (κ1) is 36.4. The highest BCUT2D eigenvalue weighted by molar-refractivity contribution is 7.91. The molecule has 4 heterocycles. The van der Waals surface area contributed by atoms with E-state index >= 15 is 0 Å². The molecule has 3 N–H and O–H groups in total. The first-order chi connectivity index (χ1) is 25.2. The van der Waals surface area contributed by atoms with Crippen LogP contribution in [-0.2, 0) is 24.4 Å². The number of sulfonamides is 1. The lowest BCUT2D eigenvalue weighted by Crippen LogP contribution is -2.58. The van der Waals surface area contributed by atoms with Gasteiger partial charge in [0.05, 0.1) is 28.0 Å². The van der Waals surface area contributed by atoms with Gasteiger partial charge in [-0.15, -0.1) is 0 Å². The number of fused-ring (bicyclic) bond motifs is 3. The number of nitrogens with zero attached hydrogens (tertiary/aromatic N) is 4. The second kappa shape index (κ2) is 13.8. The Balaban J connectivity index is 1.20. The van der Waals surface area contributed by atoms with E-state index in [-0.39, 0.29) is 43.0 Å². The van der Waals surface area contributed by atoms with Gasteiger partial charge in [-0.05, 0) is 71.4 Å². The molecule has 4 amide bonds. The number of hydrogen-bond donors (Lipinski definition) is 3. The van der Waals surface area contributed by atoms with E-state index in [1.165, 1.54) is 29.2 Å². The molecule has 0 bridgehead atoms. The molecule has 0 spiro atoms. The molecule has 53 heavy (non-hydrogen) atoms. The summed E-state index contributed by atoms with van der Waals surface area (Å²) in [5.74, 6) is -3.65. The lowest BCUT2D eigenvalue weighted by atomic mass is 10.0. The van der Waals surface area contributed by atoms with Gasteiger partial charge >= 0.3 is 0 Å². The Bertz CT molecular complexity index is 2120. The van der Waals surface area contributed by atoms with E-state index in [9.17, 15) is 32.0 Å². The Morgan fingerprint density at radius 2 is 1.89 bits per heavy atom. The number of rotatable bonds is 7. The van der Waals surface area contributed by atoms with Gasteiger partial charge in [0.1, 0.15) is 35.2 Å². The van der Waals surface area contributed by atoms with E-state index in [4.69, 9.17) is 9.26 Å². The number of nitrogens with one attached hydrogen (secondary N) is 3. The van der Waals surface area contributed by atoms with Crippen LogP contribution < -0.4 is 20.1 Å². The van der Waals surface area contributed by atoms with Crippen molar-refractivity contribution >= 4 is 44.7 Å². The van der Waals surface area contributed by atoms with Crippen molar-refractivity contribution in [2.24, 2.45) is 5.92 Å². The summed E-state index contributed by atoms with van der Waals surface area (Å²) in [7, 11) is -4.01. The number of allylic oxidation sites excluding steroid dienone is 1. The van der Waals surface area contributed by atoms with Gasteiger partial charge in [-0.1, -0.05) is 30.2 Å². The molecule has 2 saturated carbocycles. The first-order valence-electron chi connectivity index (χ1n) is 17.9. The molecular formula is C36H42FN7O8S. The predicted octanol–water partition coefficient (Wildman–Crippen LogP) is 2.91. The highest BCUT2D eigenvalue weighted by Gasteiger charge is 2.63. The van der Waals surface area contributed by atoms with Crippen molar-refractivity contribution in [3.05, 3.63) is 59.4 Å². The fraction of sp³-hybridized carbons (Fsp3) is 0.528. The molecule has 282 valence electrons. The highest BCUT2D eigenvalue weighted by Crippen LogP contribution is 2.47. The largest absolute Gasteiger partial charge is 0.471 e. The number of amides is 4. The number of aromatic nitrogens is 3. The molecule has 1 saturated heterocycles. The van der Waals surface area contributed by atoms with Gasteiger partial charge in [-0.3, -0.25) is 23.9 Å². The van der Waals surface area contributed by atoms with E-state index < -0.39 is 73.9 Å². The third kappa shape index (κ3) is 7.35. The number of ether oxygens (including phenoxy) is 1. The number of carbonyl (C=O) groups excluding carboxylic acids is 4. The molecule has 5 atom stereocenters. The zero-order valence-electron chi connectivity index (χ0n) is 29.7. The van der Waals surface area contributed by atoms with Gasteiger partial charge in [0.25, 0.3) is 11.8 Å². The van der Waals surface area contributed by atoms with Crippen molar-refractivity contribution in [3.63, 3.8) is 0 Å². The van der Waals surface area contributed by atoms with Gasteiger partial charge in [-0.2, -0.15) is 0 Å². The normalized spacial score (nSPS) is 27.1. The van der Waals surface area contributed by atoms with Gasteiger partial charge < -0.3 is 24.8 Å². The third-order valence-electron chi connectivity index (χ3n) is 10.7. The zero-order chi connectivity index (χ0) is 37.7. The Kier molecular flexibility index (Phi) is 9.49. The fourth-order valence-corrected chi connectivity index (χ4v) is 8.33. The zero-order valence-corrected chi connectivity index (χ0v) is 30.5. The van der Waals surface area contributed by atoms with Crippen molar-refractivity contribution in [2.75, 3.05) is 6.54 Å². The van der Waals surface area contributed by atoms with Crippen molar-refractivity contribution in [1.29, 1.82) is 0 Å². The van der Waals surface area contributed by atoms with Gasteiger partial charge in [0.2, 0.25) is 33.5 Å². The van der Waals surface area contributed by atoms with Gasteiger partial charge in [-0.25, -0.2) is 22.8 Å². The van der Waals surface area contributed by atoms with Crippen LogP contribution in [0, 0.1) is 25.6 Å². The summed E-state index contributed by atoms with van der Waals surface area (Å²) in [5.41, 5.74) is 0.0547. The third-order valence-corrected chi connectivity index (χ3v) is 12.8. The maximum atomic E-state index is 14.5. The molecule has 4 aliphatic rings. The molecule has 3 aromatic rings. The summed E-state index contributed by atoms with van der Waals surface area (Å²) in [5, 5.41) is 9.37. The van der Waals surface area contributed by atoms with Gasteiger partial charge in [0, 0.05) is 24.5 Å². The number of aryl methyl sites for hydroxylation is 2. The smallest absolute Gasteiger partial charge is 0.290 e. The summed E-state index contributed by atoms with van der Waals surface area (Å²) in [4.78, 5) is 66.0.